The predicted molar refractivity (Wildman–Crippen MR) is 110 cm³/mol. The summed E-state index contributed by atoms with van der Waals surface area (Å²) in [7, 11) is -0.409. The first kappa shape index (κ1) is 20.4. The Morgan fingerprint density at radius 2 is 1.77 bits per heavy atom. The summed E-state index contributed by atoms with van der Waals surface area (Å²) in [4.78, 5) is 4.83. The fourth-order valence-electron chi connectivity index (χ4n) is 3.56. The van der Waals surface area contributed by atoms with E-state index >= 15 is 0 Å². The minimum atomic E-state index is -3.56. The van der Waals surface area contributed by atoms with Crippen LogP contribution < -0.4 is 9.47 Å². The van der Waals surface area contributed by atoms with Gasteiger partial charge in [0.05, 0.1) is 25.0 Å². The molecule has 1 aliphatic rings. The SMILES string of the molecule is COc1cc(OC)cc(-c2noc(C3CCCN(S(=O)(=O)c4ccccc4)C3)n2)c1. The van der Waals surface area contributed by atoms with Crippen LogP contribution in [-0.2, 0) is 10.0 Å². The van der Waals surface area contributed by atoms with Crippen LogP contribution in [0.25, 0.3) is 11.4 Å². The molecule has 158 valence electrons. The summed E-state index contributed by atoms with van der Waals surface area (Å²) in [6, 6.07) is 13.8. The number of ether oxygens (including phenoxy) is 2. The minimum absolute atomic E-state index is 0.161. The maximum atomic E-state index is 13.0. The largest absolute Gasteiger partial charge is 0.497 e. The van der Waals surface area contributed by atoms with Crippen LogP contribution in [0.15, 0.2) is 57.9 Å². The smallest absolute Gasteiger partial charge is 0.243 e. The zero-order valence-corrected chi connectivity index (χ0v) is 17.6. The summed E-state index contributed by atoms with van der Waals surface area (Å²) in [6.07, 6.45) is 1.51. The number of piperidine rings is 1. The molecule has 8 nitrogen and oxygen atoms in total. The lowest BCUT2D eigenvalue weighted by Crippen LogP contribution is -2.39. The molecule has 4 rings (SSSR count). The Morgan fingerprint density at radius 3 is 2.43 bits per heavy atom. The highest BCUT2D eigenvalue weighted by Crippen LogP contribution is 2.32. The van der Waals surface area contributed by atoms with E-state index < -0.39 is 10.0 Å². The Hall–Kier alpha value is -2.91. The van der Waals surface area contributed by atoms with Crippen LogP contribution >= 0.6 is 0 Å². The van der Waals surface area contributed by atoms with Gasteiger partial charge in [-0.05, 0) is 37.1 Å². The van der Waals surface area contributed by atoms with Crippen molar-refractivity contribution in [3.63, 3.8) is 0 Å². The van der Waals surface area contributed by atoms with Crippen LogP contribution in [0.2, 0.25) is 0 Å². The summed E-state index contributed by atoms with van der Waals surface area (Å²) in [6.45, 7) is 0.780. The van der Waals surface area contributed by atoms with Gasteiger partial charge in [0.15, 0.2) is 0 Å². The first-order valence-corrected chi connectivity index (χ1v) is 11.1. The molecule has 0 aliphatic carbocycles. The third kappa shape index (κ3) is 4.03. The van der Waals surface area contributed by atoms with E-state index in [9.17, 15) is 8.42 Å². The third-order valence-electron chi connectivity index (χ3n) is 5.17. The van der Waals surface area contributed by atoms with Gasteiger partial charge in [-0.1, -0.05) is 23.4 Å². The number of rotatable bonds is 6. The molecule has 1 atom stereocenters. The first-order valence-electron chi connectivity index (χ1n) is 9.63. The zero-order valence-electron chi connectivity index (χ0n) is 16.8. The van der Waals surface area contributed by atoms with Gasteiger partial charge in [0.2, 0.25) is 21.7 Å². The van der Waals surface area contributed by atoms with Crippen molar-refractivity contribution >= 4 is 10.0 Å². The van der Waals surface area contributed by atoms with E-state index in [0.29, 0.717) is 46.8 Å². The second-order valence-corrected chi connectivity index (χ2v) is 9.01. The molecule has 2 aromatic carbocycles. The maximum Gasteiger partial charge on any atom is 0.243 e. The molecule has 1 unspecified atom stereocenters. The Balaban J connectivity index is 1.57. The highest BCUT2D eigenvalue weighted by Gasteiger charge is 2.33. The molecule has 0 radical (unpaired) electrons. The molecule has 0 amide bonds. The summed E-state index contributed by atoms with van der Waals surface area (Å²) in [5.74, 6) is 1.91. The van der Waals surface area contributed by atoms with Crippen LogP contribution in [0, 0.1) is 0 Å². The van der Waals surface area contributed by atoms with Gasteiger partial charge in [0, 0.05) is 24.7 Å². The fourth-order valence-corrected chi connectivity index (χ4v) is 5.10. The van der Waals surface area contributed by atoms with Crippen molar-refractivity contribution < 1.29 is 22.4 Å². The number of aromatic nitrogens is 2. The number of nitrogens with zero attached hydrogens (tertiary/aromatic N) is 3. The maximum absolute atomic E-state index is 13.0. The molecular weight excluding hydrogens is 406 g/mol. The number of sulfonamides is 1. The van der Waals surface area contributed by atoms with Gasteiger partial charge >= 0.3 is 0 Å². The van der Waals surface area contributed by atoms with Crippen LogP contribution in [0.5, 0.6) is 11.5 Å². The quantitative estimate of drug-likeness (QED) is 0.593. The van der Waals surface area contributed by atoms with E-state index in [4.69, 9.17) is 14.0 Å². The Labute approximate surface area is 175 Å². The minimum Gasteiger partial charge on any atom is -0.497 e. The lowest BCUT2D eigenvalue weighted by molar-refractivity contribution is 0.265. The first-order chi connectivity index (χ1) is 14.5. The molecule has 1 fully saturated rings. The van der Waals surface area contributed by atoms with Gasteiger partial charge in [-0.3, -0.25) is 0 Å². The van der Waals surface area contributed by atoms with Gasteiger partial charge in [-0.15, -0.1) is 0 Å². The van der Waals surface area contributed by atoms with Crippen molar-refractivity contribution in [1.29, 1.82) is 0 Å². The Morgan fingerprint density at radius 1 is 1.07 bits per heavy atom. The summed E-state index contributed by atoms with van der Waals surface area (Å²) in [5.41, 5.74) is 0.700. The van der Waals surface area contributed by atoms with Crippen molar-refractivity contribution in [2.45, 2.75) is 23.7 Å². The van der Waals surface area contributed by atoms with Crippen LogP contribution in [0.4, 0.5) is 0 Å². The average molecular weight is 429 g/mol. The van der Waals surface area contributed by atoms with Crippen molar-refractivity contribution in [2.75, 3.05) is 27.3 Å². The van der Waals surface area contributed by atoms with Gasteiger partial charge < -0.3 is 14.0 Å². The zero-order chi connectivity index (χ0) is 21.1. The Kier molecular flexibility index (Phi) is 5.74. The second-order valence-electron chi connectivity index (χ2n) is 7.07. The molecule has 0 bridgehead atoms. The Bertz CT molecular complexity index is 1090. The number of hydrogen-bond donors (Lipinski definition) is 0. The molecule has 30 heavy (non-hydrogen) atoms. The van der Waals surface area contributed by atoms with Crippen LogP contribution in [0.3, 0.4) is 0 Å². The van der Waals surface area contributed by atoms with Crippen LogP contribution in [0.1, 0.15) is 24.7 Å². The van der Waals surface area contributed by atoms with Crippen molar-refractivity contribution in [3.05, 3.63) is 54.4 Å². The molecule has 2 heterocycles. The molecule has 0 N–H and O–H groups in total. The number of benzene rings is 2. The van der Waals surface area contributed by atoms with E-state index in [0.717, 1.165) is 12.8 Å². The molecule has 1 aromatic heterocycles. The molecule has 0 saturated carbocycles. The predicted octanol–water partition coefficient (Wildman–Crippen LogP) is 3.32. The summed E-state index contributed by atoms with van der Waals surface area (Å²) >= 11 is 0. The van der Waals surface area contributed by atoms with E-state index in [2.05, 4.69) is 10.1 Å². The van der Waals surface area contributed by atoms with Crippen LogP contribution in [-0.4, -0.2) is 50.2 Å². The molecular formula is C21H23N3O5S. The van der Waals surface area contributed by atoms with E-state index in [1.165, 1.54) is 4.31 Å². The van der Waals surface area contributed by atoms with Crippen molar-refractivity contribution in [2.24, 2.45) is 0 Å². The monoisotopic (exact) mass is 429 g/mol. The summed E-state index contributed by atoms with van der Waals surface area (Å²) in [5, 5.41) is 4.09. The number of methoxy groups -OCH3 is 2. The van der Waals surface area contributed by atoms with Crippen molar-refractivity contribution in [3.8, 4) is 22.9 Å². The lowest BCUT2D eigenvalue weighted by Gasteiger charge is -2.30. The van der Waals surface area contributed by atoms with E-state index in [1.54, 1.807) is 62.8 Å². The molecule has 1 aliphatic heterocycles. The topological polar surface area (TPSA) is 94.8 Å². The second kappa shape index (κ2) is 8.45. The average Bonchev–Trinajstić information content (AvgIpc) is 3.30. The van der Waals surface area contributed by atoms with Gasteiger partial charge in [0.1, 0.15) is 11.5 Å². The highest BCUT2D eigenvalue weighted by molar-refractivity contribution is 7.89. The molecule has 3 aromatic rings. The summed E-state index contributed by atoms with van der Waals surface area (Å²) < 4.78 is 43.5. The van der Waals surface area contributed by atoms with E-state index in [1.807, 2.05) is 0 Å². The molecule has 1 saturated heterocycles. The normalized spacial score (nSPS) is 17.6. The highest BCUT2D eigenvalue weighted by atomic mass is 32.2. The van der Waals surface area contributed by atoms with Gasteiger partial charge in [-0.25, -0.2) is 8.42 Å². The molecule has 0 spiro atoms. The fraction of sp³-hybridized carbons (Fsp3) is 0.333. The third-order valence-corrected chi connectivity index (χ3v) is 7.05. The van der Waals surface area contributed by atoms with Crippen molar-refractivity contribution in [1.82, 2.24) is 14.4 Å². The lowest BCUT2D eigenvalue weighted by atomic mass is 10.00. The van der Waals surface area contributed by atoms with E-state index in [-0.39, 0.29) is 5.92 Å². The standard InChI is InChI=1S/C21H23N3O5S/c1-27-17-11-16(12-18(13-17)28-2)20-22-21(29-23-20)15-7-6-10-24(14-15)30(25,26)19-8-4-3-5-9-19/h3-5,8-9,11-13,15H,6-7,10,14H2,1-2H3. The van der Waals surface area contributed by atoms with Gasteiger partial charge in [-0.2, -0.15) is 9.29 Å². The van der Waals surface area contributed by atoms with Gasteiger partial charge in [0.25, 0.3) is 0 Å². The number of hydrogen-bond acceptors (Lipinski definition) is 7. The molecule has 9 heteroatoms.